The molecule has 2 N–H and O–H groups in total. The molecule has 0 aromatic heterocycles. The second kappa shape index (κ2) is 9.13. The van der Waals surface area contributed by atoms with Crippen molar-refractivity contribution in [2.24, 2.45) is 0 Å². The summed E-state index contributed by atoms with van der Waals surface area (Å²) in [6.45, 7) is 0.183. The Morgan fingerprint density at radius 1 is 1.50 bits per heavy atom. The van der Waals surface area contributed by atoms with Gasteiger partial charge in [-0.15, -0.1) is 0 Å². The predicted octanol–water partition coefficient (Wildman–Crippen LogP) is -1.35. The molecule has 0 aliphatic carbocycles. The zero-order valence-corrected chi connectivity index (χ0v) is 10.2. The lowest BCUT2D eigenvalue weighted by Crippen LogP contribution is -2.28. The van der Waals surface area contributed by atoms with Crippen LogP contribution in [0.5, 0.6) is 0 Å². The average molecular weight is 221 g/mol. The van der Waals surface area contributed by atoms with E-state index in [0.717, 1.165) is 12.5 Å². The summed E-state index contributed by atoms with van der Waals surface area (Å²) in [5.41, 5.74) is 0. The Labute approximate surface area is 86.6 Å². The van der Waals surface area contributed by atoms with Crippen LogP contribution in [0.3, 0.4) is 0 Å². The van der Waals surface area contributed by atoms with Crippen molar-refractivity contribution in [3.63, 3.8) is 0 Å². The number of hydrogen-bond donors (Lipinski definition) is 2. The Bertz CT molecular complexity index is 152. The van der Waals surface area contributed by atoms with Gasteiger partial charge in [-0.2, -0.15) is 0 Å². The van der Waals surface area contributed by atoms with Gasteiger partial charge >= 0.3 is 0 Å². The number of hydrogen-bond acceptors (Lipinski definition) is 4. The lowest BCUT2D eigenvalue weighted by atomic mass is 10.4. The second-order valence-corrected chi connectivity index (χ2v) is 4.86. The van der Waals surface area contributed by atoms with E-state index in [4.69, 9.17) is 14.6 Å². The first-order valence-electron chi connectivity index (χ1n) is 4.67. The van der Waals surface area contributed by atoms with Crippen LogP contribution >= 0.6 is 0 Å². The summed E-state index contributed by atoms with van der Waals surface area (Å²) >= 11 is 0. The zero-order valence-electron chi connectivity index (χ0n) is 8.78. The van der Waals surface area contributed by atoms with E-state index >= 15 is 0 Å². The first-order valence-corrected chi connectivity index (χ1v) is 6.49. The van der Waals surface area contributed by atoms with Crippen LogP contribution in [0.4, 0.5) is 0 Å². The number of rotatable bonds is 8. The van der Waals surface area contributed by atoms with E-state index in [0.29, 0.717) is 6.54 Å². The molecule has 0 atom stereocenters. The number of aliphatic hydroxyl groups is 1. The summed E-state index contributed by atoms with van der Waals surface area (Å²) in [6, 6.07) is 1.05. The normalized spacial score (nSPS) is 11.4. The molecule has 5 nitrogen and oxygen atoms in total. The smallest absolute Gasteiger partial charge is 0.245 e. The lowest BCUT2D eigenvalue weighted by molar-refractivity contribution is -0.123. The third-order valence-corrected chi connectivity index (χ3v) is 3.90. The van der Waals surface area contributed by atoms with E-state index in [1.54, 1.807) is 14.2 Å². The lowest BCUT2D eigenvalue weighted by Gasteiger charge is -2.12. The molecule has 0 radical (unpaired) electrons. The maximum Gasteiger partial charge on any atom is 0.245 e. The maximum absolute atomic E-state index is 10.6. The van der Waals surface area contributed by atoms with Crippen LogP contribution in [0.25, 0.3) is 0 Å². The van der Waals surface area contributed by atoms with Gasteiger partial charge in [0.2, 0.25) is 5.91 Å². The fourth-order valence-corrected chi connectivity index (χ4v) is 2.40. The quantitative estimate of drug-likeness (QED) is 0.302. The molecule has 0 unspecified atom stereocenters. The monoisotopic (exact) mass is 221 g/mol. The minimum Gasteiger partial charge on any atom is -0.387 e. The molecule has 0 saturated carbocycles. The number of carbonyl (C=O) groups excluding carboxylic acids is 1. The van der Waals surface area contributed by atoms with Crippen molar-refractivity contribution in [2.45, 2.75) is 18.4 Å². The molecule has 14 heavy (non-hydrogen) atoms. The van der Waals surface area contributed by atoms with Gasteiger partial charge in [0.25, 0.3) is 0 Å². The summed E-state index contributed by atoms with van der Waals surface area (Å²) in [6.07, 6.45) is 0.918. The van der Waals surface area contributed by atoms with Gasteiger partial charge < -0.3 is 19.9 Å². The SMILES string of the molecule is COC(OC)[SiH2]CCCNC(=O)CO. The second-order valence-electron chi connectivity index (χ2n) is 2.90. The Balaban J connectivity index is 3.24. The molecule has 0 aromatic carbocycles. The molecule has 0 aliphatic heterocycles. The largest absolute Gasteiger partial charge is 0.387 e. The first kappa shape index (κ1) is 13.6. The van der Waals surface area contributed by atoms with Crippen LogP contribution in [0.2, 0.25) is 6.04 Å². The Hall–Kier alpha value is -0.433. The van der Waals surface area contributed by atoms with Crippen LogP contribution in [0.1, 0.15) is 6.42 Å². The van der Waals surface area contributed by atoms with Gasteiger partial charge in [0, 0.05) is 20.8 Å². The van der Waals surface area contributed by atoms with Crippen molar-refractivity contribution >= 4 is 15.4 Å². The highest BCUT2D eigenvalue weighted by atomic mass is 28.2. The van der Waals surface area contributed by atoms with E-state index in [9.17, 15) is 4.79 Å². The fourth-order valence-electron chi connectivity index (χ4n) is 1.05. The molecular weight excluding hydrogens is 202 g/mol. The highest BCUT2D eigenvalue weighted by molar-refractivity contribution is 6.36. The van der Waals surface area contributed by atoms with E-state index in [1.165, 1.54) is 0 Å². The van der Waals surface area contributed by atoms with Gasteiger partial charge in [-0.05, 0) is 6.42 Å². The number of carbonyl (C=O) groups is 1. The van der Waals surface area contributed by atoms with Gasteiger partial charge in [-0.25, -0.2) is 0 Å². The molecule has 0 aliphatic rings. The minimum atomic E-state index is -0.434. The van der Waals surface area contributed by atoms with E-state index in [1.807, 2.05) is 0 Å². The first-order chi connectivity index (χ1) is 6.74. The number of amides is 1. The summed E-state index contributed by atoms with van der Waals surface area (Å²) in [7, 11) is 2.88. The Kier molecular flexibility index (Phi) is 8.85. The summed E-state index contributed by atoms with van der Waals surface area (Å²) in [5.74, 6) is -0.342. The molecule has 0 rings (SSSR count). The maximum atomic E-state index is 10.6. The van der Waals surface area contributed by atoms with Crippen molar-refractivity contribution in [3.05, 3.63) is 0 Å². The molecule has 0 fully saturated rings. The standard InChI is InChI=1S/C8H19NO4Si/c1-12-8(13-2)14-5-3-4-9-7(11)6-10/h8,10H,3-6,14H2,1-2H3,(H,9,11). The molecule has 6 heteroatoms. The third kappa shape index (κ3) is 7.02. The highest BCUT2D eigenvalue weighted by Crippen LogP contribution is 1.95. The van der Waals surface area contributed by atoms with Crippen LogP contribution in [-0.4, -0.2) is 53.8 Å². The third-order valence-electron chi connectivity index (χ3n) is 1.86. The molecule has 0 bridgehead atoms. The number of nitrogens with one attached hydrogen (secondary N) is 1. The van der Waals surface area contributed by atoms with E-state index in [2.05, 4.69) is 5.32 Å². The molecule has 0 aromatic rings. The van der Waals surface area contributed by atoms with Crippen molar-refractivity contribution in [1.29, 1.82) is 0 Å². The van der Waals surface area contributed by atoms with Gasteiger partial charge in [0.1, 0.15) is 12.5 Å². The Morgan fingerprint density at radius 3 is 2.64 bits per heavy atom. The van der Waals surface area contributed by atoms with Crippen LogP contribution in [-0.2, 0) is 14.3 Å². The van der Waals surface area contributed by atoms with Crippen molar-refractivity contribution in [1.82, 2.24) is 5.32 Å². The predicted molar refractivity (Wildman–Crippen MR) is 55.9 cm³/mol. The topological polar surface area (TPSA) is 67.8 Å². The van der Waals surface area contributed by atoms with Gasteiger partial charge in [-0.1, -0.05) is 6.04 Å². The summed E-state index contributed by atoms with van der Waals surface area (Å²) in [5, 5.41) is 11.0. The number of methoxy groups -OCH3 is 2. The number of ether oxygens (including phenoxy) is 2. The molecule has 0 saturated heterocycles. The van der Waals surface area contributed by atoms with Crippen LogP contribution in [0, 0.1) is 0 Å². The molecular formula is C8H19NO4Si. The van der Waals surface area contributed by atoms with E-state index < -0.39 is 6.61 Å². The van der Waals surface area contributed by atoms with Gasteiger partial charge in [0.05, 0.1) is 9.52 Å². The van der Waals surface area contributed by atoms with Crippen molar-refractivity contribution < 1.29 is 19.4 Å². The zero-order chi connectivity index (χ0) is 10.8. The highest BCUT2D eigenvalue weighted by Gasteiger charge is 2.04. The number of aliphatic hydroxyl groups excluding tert-OH is 1. The van der Waals surface area contributed by atoms with Crippen molar-refractivity contribution in [3.8, 4) is 0 Å². The van der Waals surface area contributed by atoms with Crippen molar-refractivity contribution in [2.75, 3.05) is 27.4 Å². The molecule has 0 spiro atoms. The molecule has 0 heterocycles. The minimum absolute atomic E-state index is 0.0245. The fraction of sp³-hybridized carbons (Fsp3) is 0.875. The average Bonchev–Trinajstić information content (AvgIpc) is 2.23. The van der Waals surface area contributed by atoms with Gasteiger partial charge in [-0.3, -0.25) is 4.79 Å². The Morgan fingerprint density at radius 2 is 2.14 bits per heavy atom. The summed E-state index contributed by atoms with van der Waals surface area (Å²) in [4.78, 5) is 10.6. The van der Waals surface area contributed by atoms with Gasteiger partial charge in [0.15, 0.2) is 0 Å². The van der Waals surface area contributed by atoms with Crippen LogP contribution in [0.15, 0.2) is 0 Å². The summed E-state index contributed by atoms with van der Waals surface area (Å²) < 4.78 is 10.1. The molecule has 1 amide bonds. The molecule has 84 valence electrons. The van der Waals surface area contributed by atoms with Crippen LogP contribution < -0.4 is 5.32 Å². The van der Waals surface area contributed by atoms with E-state index in [-0.39, 0.29) is 21.3 Å².